The van der Waals surface area contributed by atoms with Crippen molar-refractivity contribution in [1.82, 2.24) is 10.6 Å². The van der Waals surface area contributed by atoms with E-state index in [0.717, 1.165) is 5.56 Å². The van der Waals surface area contributed by atoms with E-state index in [0.29, 0.717) is 42.5 Å². The zero-order valence-corrected chi connectivity index (χ0v) is 18.5. The molecule has 154 valence electrons. The van der Waals surface area contributed by atoms with Crippen molar-refractivity contribution in [2.24, 2.45) is 10.9 Å². The van der Waals surface area contributed by atoms with E-state index in [1.54, 1.807) is 20.2 Å². The van der Waals surface area contributed by atoms with Gasteiger partial charge in [0.2, 0.25) is 0 Å². The van der Waals surface area contributed by atoms with Gasteiger partial charge in [-0.15, -0.1) is 24.0 Å². The summed E-state index contributed by atoms with van der Waals surface area (Å²) in [5, 5.41) is 7.04. The molecule has 0 heterocycles. The van der Waals surface area contributed by atoms with Crippen LogP contribution in [-0.4, -0.2) is 38.9 Å². The first-order chi connectivity index (χ1) is 12.3. The first-order valence-electron chi connectivity index (χ1n) is 8.69. The Kier molecular flexibility index (Phi) is 10.0. The molecular weight excluding hydrogens is 494 g/mol. The molecule has 0 bridgehead atoms. The molecule has 1 fully saturated rings. The van der Waals surface area contributed by atoms with Crippen LogP contribution in [-0.2, 0) is 6.42 Å². The summed E-state index contributed by atoms with van der Waals surface area (Å²) in [6.45, 7) is 0.615. The zero-order valence-electron chi connectivity index (χ0n) is 15.4. The van der Waals surface area contributed by atoms with E-state index in [9.17, 15) is 13.2 Å². The van der Waals surface area contributed by atoms with E-state index in [4.69, 9.17) is 16.3 Å². The summed E-state index contributed by atoms with van der Waals surface area (Å²) in [6, 6.07) is 5.55. The second-order valence-electron chi connectivity index (χ2n) is 6.44. The standard InChI is InChI=1S/C18H25ClF3N3O.HI/c1-23-17(25-14-6-4-13(5-7-14)18(20,21)22)24-10-9-12-3-8-15(26-2)11-16(12)19;/h3,8,11,13-14H,4-7,9-10H2,1-2H3,(H2,23,24,25);1H. The molecule has 1 aliphatic rings. The van der Waals surface area contributed by atoms with Gasteiger partial charge in [-0.2, -0.15) is 13.2 Å². The fourth-order valence-electron chi connectivity index (χ4n) is 3.13. The summed E-state index contributed by atoms with van der Waals surface area (Å²) in [6.07, 6.45) is -2.06. The minimum absolute atomic E-state index is 0. The number of rotatable bonds is 5. The molecule has 1 aliphatic carbocycles. The fourth-order valence-corrected chi connectivity index (χ4v) is 3.39. The maximum atomic E-state index is 12.7. The van der Waals surface area contributed by atoms with Crippen molar-refractivity contribution < 1.29 is 17.9 Å². The topological polar surface area (TPSA) is 45.7 Å². The molecule has 27 heavy (non-hydrogen) atoms. The Labute approximate surface area is 180 Å². The zero-order chi connectivity index (χ0) is 19.2. The number of guanidine groups is 1. The molecule has 0 atom stereocenters. The van der Waals surface area contributed by atoms with Gasteiger partial charge in [0.25, 0.3) is 0 Å². The molecule has 0 spiro atoms. The normalized spacial score (nSPS) is 20.6. The van der Waals surface area contributed by atoms with E-state index >= 15 is 0 Å². The molecule has 0 aliphatic heterocycles. The highest BCUT2D eigenvalue weighted by Gasteiger charge is 2.41. The molecule has 1 aromatic rings. The number of ether oxygens (including phenoxy) is 1. The number of benzene rings is 1. The number of hydrogen-bond acceptors (Lipinski definition) is 2. The van der Waals surface area contributed by atoms with Crippen molar-refractivity contribution in [2.45, 2.75) is 44.3 Å². The second kappa shape index (κ2) is 11.2. The number of methoxy groups -OCH3 is 1. The predicted octanol–water partition coefficient (Wildman–Crippen LogP) is 4.80. The van der Waals surface area contributed by atoms with E-state index < -0.39 is 12.1 Å². The third-order valence-corrected chi connectivity index (χ3v) is 5.05. The lowest BCUT2D eigenvalue weighted by molar-refractivity contribution is -0.182. The minimum atomic E-state index is -4.08. The van der Waals surface area contributed by atoms with Gasteiger partial charge in [-0.05, 0) is 49.8 Å². The lowest BCUT2D eigenvalue weighted by Crippen LogP contribution is -2.46. The lowest BCUT2D eigenvalue weighted by atomic mass is 9.85. The quantitative estimate of drug-likeness (QED) is 0.334. The highest BCUT2D eigenvalue weighted by atomic mass is 127. The molecule has 4 nitrogen and oxygen atoms in total. The van der Waals surface area contributed by atoms with Gasteiger partial charge in [0, 0.05) is 24.7 Å². The van der Waals surface area contributed by atoms with Crippen molar-refractivity contribution in [3.05, 3.63) is 28.8 Å². The van der Waals surface area contributed by atoms with E-state index in [1.807, 2.05) is 12.1 Å². The van der Waals surface area contributed by atoms with Gasteiger partial charge in [-0.25, -0.2) is 0 Å². The predicted molar refractivity (Wildman–Crippen MR) is 113 cm³/mol. The van der Waals surface area contributed by atoms with Crippen LogP contribution in [0.25, 0.3) is 0 Å². The van der Waals surface area contributed by atoms with Crippen LogP contribution in [0.5, 0.6) is 5.75 Å². The van der Waals surface area contributed by atoms with Crippen LogP contribution in [0.3, 0.4) is 0 Å². The first kappa shape index (κ1) is 24.1. The Balaban J connectivity index is 0.00000364. The molecule has 2 N–H and O–H groups in total. The summed E-state index contributed by atoms with van der Waals surface area (Å²) < 4.78 is 43.3. The molecule has 1 saturated carbocycles. The SMILES string of the molecule is CN=C(NCCc1ccc(OC)cc1Cl)NC1CCC(C(F)(F)F)CC1.I. The summed E-state index contributed by atoms with van der Waals surface area (Å²) >= 11 is 6.22. The Bertz CT molecular complexity index is 620. The van der Waals surface area contributed by atoms with Crippen LogP contribution in [0.2, 0.25) is 5.02 Å². The van der Waals surface area contributed by atoms with E-state index in [1.165, 1.54) is 0 Å². The number of nitrogens with zero attached hydrogens (tertiary/aromatic N) is 1. The maximum Gasteiger partial charge on any atom is 0.391 e. The maximum absolute atomic E-state index is 12.7. The van der Waals surface area contributed by atoms with Crippen molar-refractivity contribution in [1.29, 1.82) is 0 Å². The van der Waals surface area contributed by atoms with Crippen LogP contribution < -0.4 is 15.4 Å². The van der Waals surface area contributed by atoms with Gasteiger partial charge in [0.05, 0.1) is 13.0 Å². The van der Waals surface area contributed by atoms with Gasteiger partial charge >= 0.3 is 6.18 Å². The van der Waals surface area contributed by atoms with Crippen molar-refractivity contribution in [3.8, 4) is 5.75 Å². The summed E-state index contributed by atoms with van der Waals surface area (Å²) in [5.41, 5.74) is 0.987. The van der Waals surface area contributed by atoms with Crippen molar-refractivity contribution in [2.75, 3.05) is 20.7 Å². The van der Waals surface area contributed by atoms with Gasteiger partial charge in [-0.1, -0.05) is 17.7 Å². The third kappa shape index (κ3) is 7.56. The summed E-state index contributed by atoms with van der Waals surface area (Å²) in [7, 11) is 3.24. The van der Waals surface area contributed by atoms with Crippen LogP contribution in [0.4, 0.5) is 13.2 Å². The number of halogens is 5. The first-order valence-corrected chi connectivity index (χ1v) is 9.07. The molecule has 2 rings (SSSR count). The lowest BCUT2D eigenvalue weighted by Gasteiger charge is -2.31. The second-order valence-corrected chi connectivity index (χ2v) is 6.85. The molecule has 0 aromatic heterocycles. The average Bonchev–Trinajstić information content (AvgIpc) is 2.61. The summed E-state index contributed by atoms with van der Waals surface area (Å²) in [5.74, 6) is 0.136. The molecule has 0 radical (unpaired) electrons. The molecular formula is C18H26ClF3IN3O. The van der Waals surface area contributed by atoms with Crippen molar-refractivity contribution in [3.63, 3.8) is 0 Å². The Morgan fingerprint density at radius 1 is 1.26 bits per heavy atom. The molecule has 0 amide bonds. The number of alkyl halides is 3. The van der Waals surface area contributed by atoms with E-state index in [2.05, 4.69) is 15.6 Å². The molecule has 0 unspecified atom stereocenters. The summed E-state index contributed by atoms with van der Waals surface area (Å²) in [4.78, 5) is 4.15. The Hall–Kier alpha value is -0.900. The number of nitrogens with one attached hydrogen (secondary N) is 2. The van der Waals surface area contributed by atoms with Crippen LogP contribution in [0, 0.1) is 5.92 Å². The smallest absolute Gasteiger partial charge is 0.391 e. The van der Waals surface area contributed by atoms with Gasteiger partial charge < -0.3 is 15.4 Å². The Morgan fingerprint density at radius 3 is 2.44 bits per heavy atom. The van der Waals surface area contributed by atoms with Crippen LogP contribution in [0.15, 0.2) is 23.2 Å². The van der Waals surface area contributed by atoms with Gasteiger partial charge in [0.1, 0.15) is 5.75 Å². The van der Waals surface area contributed by atoms with Crippen LogP contribution >= 0.6 is 35.6 Å². The van der Waals surface area contributed by atoms with Crippen LogP contribution in [0.1, 0.15) is 31.2 Å². The monoisotopic (exact) mass is 519 g/mol. The molecule has 9 heteroatoms. The third-order valence-electron chi connectivity index (χ3n) is 4.70. The number of aliphatic imine (C=N–C) groups is 1. The molecule has 1 aromatic carbocycles. The average molecular weight is 520 g/mol. The highest BCUT2D eigenvalue weighted by Crippen LogP contribution is 2.37. The highest BCUT2D eigenvalue weighted by molar-refractivity contribution is 14.0. The fraction of sp³-hybridized carbons (Fsp3) is 0.611. The largest absolute Gasteiger partial charge is 0.497 e. The minimum Gasteiger partial charge on any atom is -0.497 e. The van der Waals surface area contributed by atoms with Gasteiger partial charge in [-0.3, -0.25) is 4.99 Å². The number of hydrogen-bond donors (Lipinski definition) is 2. The van der Waals surface area contributed by atoms with Gasteiger partial charge in [0.15, 0.2) is 5.96 Å². The molecule has 0 saturated heterocycles. The van der Waals surface area contributed by atoms with E-state index in [-0.39, 0.29) is 42.9 Å². The van der Waals surface area contributed by atoms with Crippen molar-refractivity contribution >= 4 is 41.5 Å². The Morgan fingerprint density at radius 2 is 1.93 bits per heavy atom.